The maximum atomic E-state index is 13.1. The fraction of sp³-hybridized carbons (Fsp3) is 0.647. The van der Waals surface area contributed by atoms with Gasteiger partial charge in [-0.2, -0.15) is 13.2 Å². The Kier molecular flexibility index (Phi) is 6.51. The Hall–Kier alpha value is -0.590. The second-order valence-corrected chi connectivity index (χ2v) is 7.09. The molecule has 0 aromatic heterocycles. The van der Waals surface area contributed by atoms with Gasteiger partial charge in [0, 0.05) is 36.7 Å². The Morgan fingerprint density at radius 3 is 2.48 bits per heavy atom. The van der Waals surface area contributed by atoms with E-state index in [-0.39, 0.29) is 6.04 Å². The van der Waals surface area contributed by atoms with Crippen LogP contribution in [0.2, 0.25) is 0 Å². The van der Waals surface area contributed by atoms with Crippen LogP contribution in [0.15, 0.2) is 22.7 Å². The molecule has 0 aliphatic carbocycles. The topological polar surface area (TPSA) is 15.3 Å². The van der Waals surface area contributed by atoms with E-state index in [4.69, 9.17) is 0 Å². The van der Waals surface area contributed by atoms with E-state index in [0.29, 0.717) is 5.92 Å². The third-order valence-electron chi connectivity index (χ3n) is 4.47. The van der Waals surface area contributed by atoms with E-state index in [0.717, 1.165) is 55.1 Å². The van der Waals surface area contributed by atoms with Crippen molar-refractivity contribution in [3.63, 3.8) is 0 Å². The SMILES string of the molecule is CCCC(C)[C@@H](c1cc(C(F)(F)F)ccc1Br)N1CCNCC1. The van der Waals surface area contributed by atoms with E-state index >= 15 is 0 Å². The van der Waals surface area contributed by atoms with Crippen molar-refractivity contribution in [3.8, 4) is 0 Å². The van der Waals surface area contributed by atoms with Crippen molar-refractivity contribution in [2.75, 3.05) is 26.2 Å². The number of piperazine rings is 1. The van der Waals surface area contributed by atoms with Crippen LogP contribution in [-0.4, -0.2) is 31.1 Å². The molecule has 0 spiro atoms. The molecule has 2 atom stereocenters. The highest BCUT2D eigenvalue weighted by atomic mass is 79.9. The second-order valence-electron chi connectivity index (χ2n) is 6.23. The van der Waals surface area contributed by atoms with Crippen LogP contribution >= 0.6 is 15.9 Å². The summed E-state index contributed by atoms with van der Waals surface area (Å²) in [6.07, 6.45) is -2.28. The highest BCUT2D eigenvalue weighted by molar-refractivity contribution is 9.10. The number of alkyl halides is 3. The molecule has 1 unspecified atom stereocenters. The van der Waals surface area contributed by atoms with Crippen LogP contribution in [0.4, 0.5) is 13.2 Å². The standard InChI is InChI=1S/C17H24BrF3N2/c1-3-4-12(2)16(23-9-7-22-8-10-23)14-11-13(17(19,20)21)5-6-15(14)18/h5-6,11-12,16,22H,3-4,7-10H2,1-2H3/t12?,16-/m0/s1. The Balaban J connectivity index is 2.41. The average molecular weight is 393 g/mol. The van der Waals surface area contributed by atoms with E-state index in [9.17, 15) is 13.2 Å². The molecule has 0 radical (unpaired) electrons. The van der Waals surface area contributed by atoms with Crippen molar-refractivity contribution in [1.29, 1.82) is 0 Å². The predicted molar refractivity (Wildman–Crippen MR) is 90.4 cm³/mol. The van der Waals surface area contributed by atoms with Gasteiger partial charge in [-0.3, -0.25) is 4.90 Å². The summed E-state index contributed by atoms with van der Waals surface area (Å²) in [4.78, 5) is 2.32. The van der Waals surface area contributed by atoms with Crippen LogP contribution in [0.3, 0.4) is 0 Å². The zero-order chi connectivity index (χ0) is 17.0. The summed E-state index contributed by atoms with van der Waals surface area (Å²) in [6.45, 7) is 7.75. The first-order valence-corrected chi connectivity index (χ1v) is 8.95. The molecule has 1 aliphatic heterocycles. The second kappa shape index (κ2) is 7.99. The molecule has 0 amide bonds. The third kappa shape index (κ3) is 4.70. The van der Waals surface area contributed by atoms with Gasteiger partial charge in [-0.1, -0.05) is 36.2 Å². The number of hydrogen-bond donors (Lipinski definition) is 1. The van der Waals surface area contributed by atoms with Gasteiger partial charge in [0.1, 0.15) is 0 Å². The fourth-order valence-corrected chi connectivity index (χ4v) is 3.86. The van der Waals surface area contributed by atoms with Crippen LogP contribution in [-0.2, 0) is 6.18 Å². The molecular weight excluding hydrogens is 369 g/mol. The first-order chi connectivity index (χ1) is 10.8. The van der Waals surface area contributed by atoms with Crippen LogP contribution in [0.1, 0.15) is 43.9 Å². The molecule has 0 bridgehead atoms. The summed E-state index contributed by atoms with van der Waals surface area (Å²) in [5.74, 6) is 0.304. The summed E-state index contributed by atoms with van der Waals surface area (Å²) in [6, 6.07) is 4.01. The van der Waals surface area contributed by atoms with Gasteiger partial charge < -0.3 is 5.32 Å². The Bertz CT molecular complexity index is 513. The predicted octanol–water partition coefficient (Wildman–Crippen LogP) is 4.85. The zero-order valence-electron chi connectivity index (χ0n) is 13.6. The van der Waals surface area contributed by atoms with Gasteiger partial charge in [-0.25, -0.2) is 0 Å². The van der Waals surface area contributed by atoms with Gasteiger partial charge in [0.15, 0.2) is 0 Å². The lowest BCUT2D eigenvalue weighted by Crippen LogP contribution is -2.46. The average Bonchev–Trinajstić information content (AvgIpc) is 2.49. The zero-order valence-corrected chi connectivity index (χ0v) is 15.2. The van der Waals surface area contributed by atoms with Gasteiger partial charge in [0.2, 0.25) is 0 Å². The lowest BCUT2D eigenvalue weighted by Gasteiger charge is -2.39. The van der Waals surface area contributed by atoms with Crippen LogP contribution < -0.4 is 5.32 Å². The van der Waals surface area contributed by atoms with Gasteiger partial charge in [0.05, 0.1) is 5.56 Å². The maximum absolute atomic E-state index is 13.1. The van der Waals surface area contributed by atoms with Crippen molar-refractivity contribution in [3.05, 3.63) is 33.8 Å². The van der Waals surface area contributed by atoms with Crippen molar-refractivity contribution < 1.29 is 13.2 Å². The highest BCUT2D eigenvalue weighted by Gasteiger charge is 2.34. The summed E-state index contributed by atoms with van der Waals surface area (Å²) < 4.78 is 40.1. The molecule has 2 rings (SSSR count). The number of rotatable bonds is 5. The smallest absolute Gasteiger partial charge is 0.314 e. The molecule has 2 nitrogen and oxygen atoms in total. The molecule has 1 heterocycles. The van der Waals surface area contributed by atoms with Gasteiger partial charge in [-0.15, -0.1) is 0 Å². The van der Waals surface area contributed by atoms with Crippen molar-refractivity contribution >= 4 is 15.9 Å². The fourth-order valence-electron chi connectivity index (χ4n) is 3.38. The molecule has 23 heavy (non-hydrogen) atoms. The number of hydrogen-bond acceptors (Lipinski definition) is 2. The molecule has 1 saturated heterocycles. The van der Waals surface area contributed by atoms with Crippen molar-refractivity contribution in [2.24, 2.45) is 5.92 Å². The molecule has 1 aromatic carbocycles. The molecule has 6 heteroatoms. The van der Waals surface area contributed by atoms with E-state index in [1.54, 1.807) is 0 Å². The number of halogens is 4. The minimum Gasteiger partial charge on any atom is -0.314 e. The molecule has 1 aliphatic rings. The number of nitrogens with one attached hydrogen (secondary N) is 1. The minimum atomic E-state index is -4.31. The molecular formula is C17H24BrF3N2. The van der Waals surface area contributed by atoms with Crippen molar-refractivity contribution in [1.82, 2.24) is 10.2 Å². The Morgan fingerprint density at radius 1 is 1.26 bits per heavy atom. The van der Waals surface area contributed by atoms with E-state index in [1.807, 2.05) is 0 Å². The van der Waals surface area contributed by atoms with Crippen LogP contribution in [0, 0.1) is 5.92 Å². The monoisotopic (exact) mass is 392 g/mol. The maximum Gasteiger partial charge on any atom is 0.416 e. The van der Waals surface area contributed by atoms with Crippen LogP contribution in [0.5, 0.6) is 0 Å². The lowest BCUT2D eigenvalue weighted by molar-refractivity contribution is -0.137. The van der Waals surface area contributed by atoms with E-state index < -0.39 is 11.7 Å². The normalized spacial score (nSPS) is 19.6. The largest absolute Gasteiger partial charge is 0.416 e. The first kappa shape index (κ1) is 18.7. The van der Waals surface area contributed by atoms with E-state index in [1.165, 1.54) is 12.1 Å². The molecule has 130 valence electrons. The molecule has 1 aromatic rings. The minimum absolute atomic E-state index is 0.00808. The first-order valence-electron chi connectivity index (χ1n) is 8.16. The van der Waals surface area contributed by atoms with Gasteiger partial charge >= 0.3 is 6.18 Å². The summed E-state index contributed by atoms with van der Waals surface area (Å²) in [5, 5.41) is 3.31. The van der Waals surface area contributed by atoms with Crippen LogP contribution in [0.25, 0.3) is 0 Å². The van der Waals surface area contributed by atoms with Crippen molar-refractivity contribution in [2.45, 2.75) is 38.9 Å². The molecule has 1 fully saturated rings. The van der Waals surface area contributed by atoms with E-state index in [2.05, 4.69) is 40.0 Å². The lowest BCUT2D eigenvalue weighted by atomic mass is 9.88. The Morgan fingerprint density at radius 2 is 1.91 bits per heavy atom. The Labute approximate surface area is 144 Å². The molecule has 1 N–H and O–H groups in total. The number of benzene rings is 1. The highest BCUT2D eigenvalue weighted by Crippen LogP contribution is 2.39. The van der Waals surface area contributed by atoms with Gasteiger partial charge in [-0.05, 0) is 36.1 Å². The third-order valence-corrected chi connectivity index (χ3v) is 5.19. The quantitative estimate of drug-likeness (QED) is 0.770. The molecule has 0 saturated carbocycles. The van der Waals surface area contributed by atoms with Gasteiger partial charge in [0.25, 0.3) is 0 Å². The summed E-state index contributed by atoms with van der Waals surface area (Å²) >= 11 is 3.47. The number of nitrogens with zero attached hydrogens (tertiary/aromatic N) is 1. The summed E-state index contributed by atoms with van der Waals surface area (Å²) in [5.41, 5.74) is 0.183. The summed E-state index contributed by atoms with van der Waals surface area (Å²) in [7, 11) is 0.